The number of hydrogen-bond donors (Lipinski definition) is 2. The molecule has 0 saturated carbocycles. The first-order chi connectivity index (χ1) is 12.4. The van der Waals surface area contributed by atoms with Crippen molar-refractivity contribution in [3.63, 3.8) is 0 Å². The van der Waals surface area contributed by atoms with E-state index < -0.39 is 6.23 Å². The Morgan fingerprint density at radius 2 is 1.77 bits per heavy atom. The van der Waals surface area contributed by atoms with Gasteiger partial charge in [-0.3, -0.25) is 4.90 Å². The molecule has 2 N–H and O–H groups in total. The molecular formula is C20H24N2O4. The largest absolute Gasteiger partial charge is 0.496 e. The highest BCUT2D eigenvalue weighted by Crippen LogP contribution is 2.31. The number of rotatable bonds is 5. The van der Waals surface area contributed by atoms with Crippen LogP contribution in [0.5, 0.6) is 17.2 Å². The average molecular weight is 356 g/mol. The van der Waals surface area contributed by atoms with Crippen LogP contribution in [-0.2, 0) is 0 Å². The summed E-state index contributed by atoms with van der Waals surface area (Å²) in [4.78, 5) is 13.6. The molecule has 0 spiro atoms. The first kappa shape index (κ1) is 18.1. The summed E-state index contributed by atoms with van der Waals surface area (Å²) in [7, 11) is 1.62. The number of carbonyl (C=O) groups excluding carboxylic acids is 1. The van der Waals surface area contributed by atoms with Gasteiger partial charge in [-0.15, -0.1) is 0 Å². The zero-order valence-corrected chi connectivity index (χ0v) is 15.4. The Balaban J connectivity index is 1.76. The second-order valence-electron chi connectivity index (χ2n) is 6.73. The molecule has 2 aromatic carbocycles. The number of aliphatic hydroxyl groups excluding tert-OH is 1. The van der Waals surface area contributed by atoms with E-state index in [0.717, 1.165) is 11.3 Å². The fraction of sp³-hybridized carbons (Fsp3) is 0.350. The number of anilines is 1. The number of amides is 2. The minimum Gasteiger partial charge on any atom is -0.496 e. The van der Waals surface area contributed by atoms with E-state index in [9.17, 15) is 9.90 Å². The summed E-state index contributed by atoms with van der Waals surface area (Å²) in [5.41, 5.74) is 1.65. The molecule has 2 amide bonds. The molecule has 0 aliphatic carbocycles. The van der Waals surface area contributed by atoms with Gasteiger partial charge in [-0.05, 0) is 48.7 Å². The van der Waals surface area contributed by atoms with Crippen LogP contribution in [0.25, 0.3) is 0 Å². The van der Waals surface area contributed by atoms with Gasteiger partial charge in [0.15, 0.2) is 6.23 Å². The lowest BCUT2D eigenvalue weighted by atomic mass is 10.0. The van der Waals surface area contributed by atoms with Gasteiger partial charge in [-0.25, -0.2) is 4.79 Å². The fourth-order valence-corrected chi connectivity index (χ4v) is 3.02. The third kappa shape index (κ3) is 3.46. The molecule has 1 unspecified atom stereocenters. The average Bonchev–Trinajstić information content (AvgIpc) is 2.92. The molecule has 138 valence electrons. The van der Waals surface area contributed by atoms with Gasteiger partial charge in [0.05, 0.1) is 13.2 Å². The maximum atomic E-state index is 12.2. The molecule has 1 aliphatic heterocycles. The minimum absolute atomic E-state index is 0.137. The van der Waals surface area contributed by atoms with Crippen LogP contribution in [0.15, 0.2) is 42.5 Å². The molecule has 0 aromatic heterocycles. The zero-order chi connectivity index (χ0) is 18.8. The van der Waals surface area contributed by atoms with Crippen molar-refractivity contribution >= 4 is 11.7 Å². The van der Waals surface area contributed by atoms with E-state index in [2.05, 4.69) is 5.32 Å². The second kappa shape index (κ2) is 7.25. The van der Waals surface area contributed by atoms with Gasteiger partial charge in [0.25, 0.3) is 0 Å². The lowest BCUT2D eigenvalue weighted by Crippen LogP contribution is -2.39. The number of nitrogens with zero attached hydrogens (tertiary/aromatic N) is 1. The van der Waals surface area contributed by atoms with Crippen molar-refractivity contribution in [1.82, 2.24) is 5.32 Å². The summed E-state index contributed by atoms with van der Waals surface area (Å²) in [5.74, 6) is 2.20. The van der Waals surface area contributed by atoms with Crippen molar-refractivity contribution in [2.45, 2.75) is 33.0 Å². The number of urea groups is 1. The summed E-state index contributed by atoms with van der Waals surface area (Å²) in [6.45, 7) is 5.89. The van der Waals surface area contributed by atoms with Crippen LogP contribution >= 0.6 is 0 Å². The molecule has 1 aliphatic rings. The standard InChI is InChI=1S/C20H24N2O4/c1-12(2)18-19(23)22(20(24)21-18)14-6-9-15(10-7-14)26-16-8-5-13(3)17(11-16)25-4/h5-12,18-19,23H,1-4H3,(H,21,24)/t18-,19?/m1/s1. The molecule has 1 heterocycles. The van der Waals surface area contributed by atoms with Crippen LogP contribution in [0, 0.1) is 12.8 Å². The van der Waals surface area contributed by atoms with E-state index in [4.69, 9.17) is 9.47 Å². The van der Waals surface area contributed by atoms with E-state index in [-0.39, 0.29) is 18.0 Å². The van der Waals surface area contributed by atoms with Gasteiger partial charge in [-0.2, -0.15) is 0 Å². The van der Waals surface area contributed by atoms with Crippen LogP contribution < -0.4 is 19.7 Å². The number of aliphatic hydroxyl groups is 1. The molecule has 1 fully saturated rings. The normalized spacial score (nSPS) is 19.6. The van der Waals surface area contributed by atoms with Gasteiger partial charge < -0.3 is 19.9 Å². The van der Waals surface area contributed by atoms with Gasteiger partial charge >= 0.3 is 6.03 Å². The Morgan fingerprint density at radius 1 is 1.12 bits per heavy atom. The van der Waals surface area contributed by atoms with Crippen LogP contribution in [0.3, 0.4) is 0 Å². The van der Waals surface area contributed by atoms with Gasteiger partial charge in [-0.1, -0.05) is 19.9 Å². The van der Waals surface area contributed by atoms with Crippen molar-refractivity contribution in [2.24, 2.45) is 5.92 Å². The van der Waals surface area contributed by atoms with Crippen LogP contribution in [0.4, 0.5) is 10.5 Å². The summed E-state index contributed by atoms with van der Waals surface area (Å²) < 4.78 is 11.1. The molecular weight excluding hydrogens is 332 g/mol. The summed E-state index contributed by atoms with van der Waals surface area (Å²) in [5, 5.41) is 13.2. The summed E-state index contributed by atoms with van der Waals surface area (Å²) in [6.07, 6.45) is -0.893. The van der Waals surface area contributed by atoms with E-state index in [1.165, 1.54) is 4.90 Å². The van der Waals surface area contributed by atoms with E-state index >= 15 is 0 Å². The maximum absolute atomic E-state index is 12.2. The topological polar surface area (TPSA) is 71.0 Å². The minimum atomic E-state index is -0.893. The lowest BCUT2D eigenvalue weighted by molar-refractivity contribution is 0.140. The van der Waals surface area contributed by atoms with Crippen LogP contribution in [0.1, 0.15) is 19.4 Å². The molecule has 6 nitrogen and oxygen atoms in total. The third-order valence-electron chi connectivity index (χ3n) is 4.54. The monoisotopic (exact) mass is 356 g/mol. The van der Waals surface area contributed by atoms with Gasteiger partial charge in [0.1, 0.15) is 17.2 Å². The quantitative estimate of drug-likeness (QED) is 0.857. The maximum Gasteiger partial charge on any atom is 0.324 e. The van der Waals surface area contributed by atoms with Crippen molar-refractivity contribution in [1.29, 1.82) is 0 Å². The summed E-state index contributed by atoms with van der Waals surface area (Å²) >= 11 is 0. The van der Waals surface area contributed by atoms with Gasteiger partial charge in [0, 0.05) is 11.8 Å². The molecule has 0 radical (unpaired) electrons. The van der Waals surface area contributed by atoms with Crippen molar-refractivity contribution in [3.05, 3.63) is 48.0 Å². The lowest BCUT2D eigenvalue weighted by Gasteiger charge is -2.23. The van der Waals surface area contributed by atoms with Crippen molar-refractivity contribution < 1.29 is 19.4 Å². The Kier molecular flexibility index (Phi) is 5.04. The number of methoxy groups -OCH3 is 1. The smallest absolute Gasteiger partial charge is 0.324 e. The van der Waals surface area contributed by atoms with Gasteiger partial charge in [0.2, 0.25) is 0 Å². The Bertz CT molecular complexity index is 789. The number of benzene rings is 2. The fourth-order valence-electron chi connectivity index (χ4n) is 3.02. The third-order valence-corrected chi connectivity index (χ3v) is 4.54. The zero-order valence-electron chi connectivity index (χ0n) is 15.4. The number of ether oxygens (including phenoxy) is 2. The molecule has 2 atom stereocenters. The SMILES string of the molecule is COc1cc(Oc2ccc(N3C(=O)N[C@H](C(C)C)C3O)cc2)ccc1C. The van der Waals surface area contributed by atoms with Crippen LogP contribution in [-0.4, -0.2) is 30.5 Å². The van der Waals surface area contributed by atoms with Crippen molar-refractivity contribution in [2.75, 3.05) is 12.0 Å². The highest BCUT2D eigenvalue weighted by Gasteiger charge is 2.40. The Labute approximate surface area is 153 Å². The number of carbonyl (C=O) groups is 1. The van der Waals surface area contributed by atoms with E-state index in [1.54, 1.807) is 31.4 Å². The first-order valence-corrected chi connectivity index (χ1v) is 8.61. The predicted molar refractivity (Wildman–Crippen MR) is 99.9 cm³/mol. The van der Waals surface area contributed by atoms with E-state index in [1.807, 2.05) is 39.0 Å². The number of nitrogens with one attached hydrogen (secondary N) is 1. The highest BCUT2D eigenvalue weighted by atomic mass is 16.5. The van der Waals surface area contributed by atoms with Crippen molar-refractivity contribution in [3.8, 4) is 17.2 Å². The molecule has 3 rings (SSSR count). The molecule has 6 heteroatoms. The summed E-state index contributed by atoms with van der Waals surface area (Å²) in [6, 6.07) is 12.1. The Morgan fingerprint density at radius 3 is 2.35 bits per heavy atom. The molecule has 26 heavy (non-hydrogen) atoms. The molecule has 2 aromatic rings. The Hall–Kier alpha value is -2.73. The molecule has 1 saturated heterocycles. The number of aryl methyl sites for hydroxylation is 1. The van der Waals surface area contributed by atoms with Crippen LogP contribution in [0.2, 0.25) is 0 Å². The predicted octanol–water partition coefficient (Wildman–Crippen LogP) is 3.67. The van der Waals surface area contributed by atoms with E-state index in [0.29, 0.717) is 17.2 Å². The highest BCUT2D eigenvalue weighted by molar-refractivity contribution is 5.95. The molecule has 0 bridgehead atoms. The second-order valence-corrected chi connectivity index (χ2v) is 6.73. The first-order valence-electron chi connectivity index (χ1n) is 8.61. The number of hydrogen-bond acceptors (Lipinski definition) is 4.